The number of rotatable bonds is 6. The van der Waals surface area contributed by atoms with E-state index >= 15 is 0 Å². The molecule has 1 aliphatic rings. The maximum atomic E-state index is 12.8. The third-order valence-corrected chi connectivity index (χ3v) is 4.82. The number of hydrogen-bond donors (Lipinski definition) is 1. The van der Waals surface area contributed by atoms with E-state index in [9.17, 15) is 4.79 Å². The summed E-state index contributed by atoms with van der Waals surface area (Å²) in [5.74, 6) is 1.09. The Labute approximate surface area is 137 Å². The summed E-state index contributed by atoms with van der Waals surface area (Å²) in [6.07, 6.45) is 7.18. The molecule has 0 radical (unpaired) electrons. The molecule has 124 valence electrons. The van der Waals surface area contributed by atoms with Crippen molar-refractivity contribution < 1.29 is 9.53 Å². The third kappa shape index (κ3) is 3.21. The fraction of sp³-hybridized carbons (Fsp3) is 0.526. The SMILES string of the molecule is CCOc1cccc2[nH]cc(CC(=O)N(CC)C3CCCC3)c12. The molecule has 0 bridgehead atoms. The minimum atomic E-state index is 0.228. The van der Waals surface area contributed by atoms with E-state index in [-0.39, 0.29) is 5.91 Å². The number of nitrogens with zero attached hydrogens (tertiary/aromatic N) is 1. The minimum absolute atomic E-state index is 0.228. The zero-order valence-electron chi connectivity index (χ0n) is 14.1. The van der Waals surface area contributed by atoms with Gasteiger partial charge in [0.2, 0.25) is 5.91 Å². The molecule has 1 amide bonds. The normalized spacial score (nSPS) is 15.2. The number of aromatic amines is 1. The highest BCUT2D eigenvalue weighted by Gasteiger charge is 2.26. The van der Waals surface area contributed by atoms with Gasteiger partial charge in [-0.25, -0.2) is 0 Å². The van der Waals surface area contributed by atoms with Gasteiger partial charge < -0.3 is 14.6 Å². The summed E-state index contributed by atoms with van der Waals surface area (Å²) in [6, 6.07) is 6.42. The Kier molecular flexibility index (Phi) is 4.89. The summed E-state index contributed by atoms with van der Waals surface area (Å²) in [5, 5.41) is 1.05. The monoisotopic (exact) mass is 314 g/mol. The van der Waals surface area contributed by atoms with E-state index in [1.165, 1.54) is 12.8 Å². The van der Waals surface area contributed by atoms with Crippen LogP contribution in [0.5, 0.6) is 5.75 Å². The van der Waals surface area contributed by atoms with Crippen molar-refractivity contribution in [3.05, 3.63) is 30.0 Å². The quantitative estimate of drug-likeness (QED) is 0.879. The Bertz CT molecular complexity index is 671. The number of aromatic nitrogens is 1. The van der Waals surface area contributed by atoms with Gasteiger partial charge in [0, 0.05) is 29.7 Å². The summed E-state index contributed by atoms with van der Waals surface area (Å²) >= 11 is 0. The molecule has 0 aliphatic heterocycles. The number of benzene rings is 1. The minimum Gasteiger partial charge on any atom is -0.493 e. The van der Waals surface area contributed by atoms with Crippen LogP contribution in [-0.2, 0) is 11.2 Å². The average molecular weight is 314 g/mol. The van der Waals surface area contributed by atoms with E-state index in [1.54, 1.807) is 0 Å². The van der Waals surface area contributed by atoms with Gasteiger partial charge in [0.15, 0.2) is 0 Å². The molecule has 1 aromatic heterocycles. The van der Waals surface area contributed by atoms with E-state index in [1.807, 2.05) is 31.3 Å². The summed E-state index contributed by atoms with van der Waals surface area (Å²) in [5.41, 5.74) is 2.06. The molecule has 2 aromatic rings. The van der Waals surface area contributed by atoms with Crippen LogP contribution in [0.15, 0.2) is 24.4 Å². The number of amides is 1. The Morgan fingerprint density at radius 3 is 2.78 bits per heavy atom. The number of carbonyl (C=O) groups excluding carboxylic acids is 1. The van der Waals surface area contributed by atoms with Crippen molar-refractivity contribution in [2.75, 3.05) is 13.2 Å². The van der Waals surface area contributed by atoms with Gasteiger partial charge >= 0.3 is 0 Å². The van der Waals surface area contributed by atoms with Crippen LogP contribution >= 0.6 is 0 Å². The van der Waals surface area contributed by atoms with Gasteiger partial charge in [-0.1, -0.05) is 18.9 Å². The molecule has 0 spiro atoms. The first kappa shape index (κ1) is 15.9. The summed E-state index contributed by atoms with van der Waals surface area (Å²) < 4.78 is 5.74. The lowest BCUT2D eigenvalue weighted by atomic mass is 10.1. The van der Waals surface area contributed by atoms with Gasteiger partial charge in [-0.05, 0) is 44.4 Å². The van der Waals surface area contributed by atoms with Crippen molar-refractivity contribution >= 4 is 16.8 Å². The van der Waals surface area contributed by atoms with Gasteiger partial charge in [0.25, 0.3) is 0 Å². The fourth-order valence-corrected chi connectivity index (χ4v) is 3.75. The van der Waals surface area contributed by atoms with E-state index in [2.05, 4.69) is 16.8 Å². The second-order valence-corrected chi connectivity index (χ2v) is 6.22. The van der Waals surface area contributed by atoms with Crippen LogP contribution in [0.3, 0.4) is 0 Å². The van der Waals surface area contributed by atoms with Crippen molar-refractivity contribution in [1.82, 2.24) is 9.88 Å². The standard InChI is InChI=1S/C19H26N2O2/c1-3-21(15-8-5-6-9-15)18(22)12-14-13-20-16-10-7-11-17(19(14)16)23-4-2/h7,10-11,13,15,20H,3-6,8-9,12H2,1-2H3. The van der Waals surface area contributed by atoms with E-state index < -0.39 is 0 Å². The molecular formula is C19H26N2O2. The van der Waals surface area contributed by atoms with Crippen molar-refractivity contribution in [1.29, 1.82) is 0 Å². The van der Waals surface area contributed by atoms with Crippen LogP contribution in [0.4, 0.5) is 0 Å². The third-order valence-electron chi connectivity index (χ3n) is 4.82. The molecular weight excluding hydrogens is 288 g/mol. The van der Waals surface area contributed by atoms with Crippen molar-refractivity contribution in [2.24, 2.45) is 0 Å². The zero-order valence-corrected chi connectivity index (χ0v) is 14.1. The van der Waals surface area contributed by atoms with Gasteiger partial charge in [-0.15, -0.1) is 0 Å². The topological polar surface area (TPSA) is 45.3 Å². The lowest BCUT2D eigenvalue weighted by Gasteiger charge is -2.27. The predicted octanol–water partition coefficient (Wildman–Crippen LogP) is 3.90. The number of H-pyrrole nitrogens is 1. The molecule has 0 unspecified atom stereocenters. The van der Waals surface area contributed by atoms with Crippen LogP contribution in [0.2, 0.25) is 0 Å². The van der Waals surface area contributed by atoms with Crippen molar-refractivity contribution in [3.8, 4) is 5.75 Å². The first-order valence-electron chi connectivity index (χ1n) is 8.75. The van der Waals surface area contributed by atoms with Crippen molar-refractivity contribution in [3.63, 3.8) is 0 Å². The first-order valence-corrected chi connectivity index (χ1v) is 8.75. The molecule has 1 saturated carbocycles. The van der Waals surface area contributed by atoms with Crippen LogP contribution in [-0.4, -0.2) is 35.0 Å². The van der Waals surface area contributed by atoms with Gasteiger partial charge in [0.1, 0.15) is 5.75 Å². The highest BCUT2D eigenvalue weighted by molar-refractivity contribution is 5.93. The number of nitrogens with one attached hydrogen (secondary N) is 1. The fourth-order valence-electron chi connectivity index (χ4n) is 3.75. The van der Waals surface area contributed by atoms with Gasteiger partial charge in [0.05, 0.1) is 13.0 Å². The first-order chi connectivity index (χ1) is 11.2. The summed E-state index contributed by atoms with van der Waals surface area (Å²) in [6.45, 7) is 5.48. The highest BCUT2D eigenvalue weighted by atomic mass is 16.5. The average Bonchev–Trinajstić information content (AvgIpc) is 3.19. The number of likely N-dealkylation sites (N-methyl/N-ethyl adjacent to an activating group) is 1. The Morgan fingerprint density at radius 1 is 1.30 bits per heavy atom. The van der Waals surface area contributed by atoms with Crippen LogP contribution < -0.4 is 4.74 Å². The Morgan fingerprint density at radius 2 is 2.09 bits per heavy atom. The molecule has 1 fully saturated rings. The Balaban J connectivity index is 1.84. The Hall–Kier alpha value is -1.97. The molecule has 4 heteroatoms. The second-order valence-electron chi connectivity index (χ2n) is 6.22. The predicted molar refractivity (Wildman–Crippen MR) is 92.8 cm³/mol. The summed E-state index contributed by atoms with van der Waals surface area (Å²) in [7, 11) is 0. The molecule has 1 aromatic carbocycles. The number of ether oxygens (including phenoxy) is 1. The van der Waals surface area contributed by atoms with Crippen LogP contribution in [0.25, 0.3) is 10.9 Å². The highest BCUT2D eigenvalue weighted by Crippen LogP contribution is 2.30. The number of hydrogen-bond acceptors (Lipinski definition) is 2. The number of carbonyl (C=O) groups is 1. The van der Waals surface area contributed by atoms with Gasteiger partial charge in [-0.3, -0.25) is 4.79 Å². The summed E-state index contributed by atoms with van der Waals surface area (Å²) in [4.78, 5) is 18.1. The smallest absolute Gasteiger partial charge is 0.227 e. The zero-order chi connectivity index (χ0) is 16.2. The van der Waals surface area contributed by atoms with E-state index in [0.717, 1.165) is 41.6 Å². The molecule has 3 rings (SSSR count). The molecule has 1 N–H and O–H groups in total. The number of fused-ring (bicyclic) bond motifs is 1. The van der Waals surface area contributed by atoms with Crippen molar-refractivity contribution in [2.45, 2.75) is 52.0 Å². The maximum absolute atomic E-state index is 12.8. The lowest BCUT2D eigenvalue weighted by Crippen LogP contribution is -2.39. The molecule has 0 saturated heterocycles. The second kappa shape index (κ2) is 7.07. The molecule has 1 aliphatic carbocycles. The molecule has 1 heterocycles. The molecule has 4 nitrogen and oxygen atoms in total. The largest absolute Gasteiger partial charge is 0.493 e. The maximum Gasteiger partial charge on any atom is 0.227 e. The van der Waals surface area contributed by atoms with Crippen LogP contribution in [0.1, 0.15) is 45.1 Å². The lowest BCUT2D eigenvalue weighted by molar-refractivity contribution is -0.132. The van der Waals surface area contributed by atoms with Gasteiger partial charge in [-0.2, -0.15) is 0 Å². The van der Waals surface area contributed by atoms with E-state index in [4.69, 9.17) is 4.74 Å². The molecule has 23 heavy (non-hydrogen) atoms. The van der Waals surface area contributed by atoms with Crippen LogP contribution in [0, 0.1) is 0 Å². The van der Waals surface area contributed by atoms with E-state index in [0.29, 0.717) is 19.1 Å². The molecule has 0 atom stereocenters.